The molecule has 0 aliphatic rings. The van der Waals surface area contributed by atoms with E-state index in [0.29, 0.717) is 29.6 Å². The minimum Gasteiger partial charge on any atom is -0.347 e. The normalized spacial score (nSPS) is 10.8. The second kappa shape index (κ2) is 7.27. The summed E-state index contributed by atoms with van der Waals surface area (Å²) >= 11 is 5.92. The molecule has 0 radical (unpaired) electrons. The molecule has 0 saturated heterocycles. The van der Waals surface area contributed by atoms with Gasteiger partial charge in [0.15, 0.2) is 0 Å². The summed E-state index contributed by atoms with van der Waals surface area (Å²) in [5.74, 6) is 0.715. The standard InChI is InChI=1S/C16H16ClN5O2/c1-22-10-12(8-19-22)16-20-15(24-21-16)9-18-14(23)6-5-11-3-2-4-13(17)7-11/h2-4,7-8,10H,5-6,9H2,1H3,(H,18,23). The Kier molecular flexibility index (Phi) is 4.90. The van der Waals surface area contributed by atoms with Crippen LogP contribution in [0.1, 0.15) is 17.9 Å². The van der Waals surface area contributed by atoms with Crippen molar-refractivity contribution >= 4 is 17.5 Å². The van der Waals surface area contributed by atoms with E-state index in [2.05, 4.69) is 20.6 Å². The Hall–Kier alpha value is -2.67. The Balaban J connectivity index is 1.49. The summed E-state index contributed by atoms with van der Waals surface area (Å²) in [6.07, 6.45) is 4.43. The molecule has 1 amide bonds. The average molecular weight is 346 g/mol. The van der Waals surface area contributed by atoms with Gasteiger partial charge in [0.2, 0.25) is 17.6 Å². The first-order chi connectivity index (χ1) is 11.6. The van der Waals surface area contributed by atoms with Crippen molar-refractivity contribution in [2.45, 2.75) is 19.4 Å². The van der Waals surface area contributed by atoms with Gasteiger partial charge in [-0.3, -0.25) is 9.48 Å². The summed E-state index contributed by atoms with van der Waals surface area (Å²) < 4.78 is 6.78. The van der Waals surface area contributed by atoms with E-state index in [1.807, 2.05) is 25.2 Å². The fourth-order valence-electron chi connectivity index (χ4n) is 2.19. The lowest BCUT2D eigenvalue weighted by Gasteiger charge is -2.03. The number of carbonyl (C=O) groups is 1. The molecule has 0 bridgehead atoms. The first kappa shape index (κ1) is 16.2. The third-order valence-electron chi connectivity index (χ3n) is 3.40. The summed E-state index contributed by atoms with van der Waals surface area (Å²) in [6.45, 7) is 0.196. The maximum Gasteiger partial charge on any atom is 0.246 e. The highest BCUT2D eigenvalue weighted by atomic mass is 35.5. The number of nitrogens with zero attached hydrogens (tertiary/aromatic N) is 4. The lowest BCUT2D eigenvalue weighted by Crippen LogP contribution is -2.23. The van der Waals surface area contributed by atoms with Crippen LogP contribution in [0.15, 0.2) is 41.2 Å². The Bertz CT molecular complexity index is 842. The topological polar surface area (TPSA) is 85.8 Å². The van der Waals surface area contributed by atoms with Crippen LogP contribution in [-0.4, -0.2) is 25.8 Å². The third kappa shape index (κ3) is 4.20. The van der Waals surface area contributed by atoms with Crippen molar-refractivity contribution in [1.82, 2.24) is 25.2 Å². The number of amides is 1. The van der Waals surface area contributed by atoms with E-state index >= 15 is 0 Å². The molecule has 2 heterocycles. The zero-order chi connectivity index (χ0) is 16.9. The Morgan fingerprint density at radius 2 is 2.29 bits per heavy atom. The van der Waals surface area contributed by atoms with Crippen molar-refractivity contribution in [3.05, 3.63) is 53.1 Å². The first-order valence-corrected chi connectivity index (χ1v) is 7.81. The highest BCUT2D eigenvalue weighted by molar-refractivity contribution is 6.30. The van der Waals surface area contributed by atoms with E-state index in [1.165, 1.54) is 0 Å². The zero-order valence-corrected chi connectivity index (χ0v) is 13.8. The molecule has 1 aromatic carbocycles. The van der Waals surface area contributed by atoms with Gasteiger partial charge in [0, 0.05) is 24.7 Å². The molecule has 7 nitrogen and oxygen atoms in total. The van der Waals surface area contributed by atoms with Gasteiger partial charge in [-0.1, -0.05) is 28.9 Å². The predicted molar refractivity (Wildman–Crippen MR) is 88.1 cm³/mol. The molecule has 124 valence electrons. The Morgan fingerprint density at radius 3 is 3.04 bits per heavy atom. The Labute approximate surface area is 143 Å². The fourth-order valence-corrected chi connectivity index (χ4v) is 2.41. The average Bonchev–Trinajstić information content (AvgIpc) is 3.20. The van der Waals surface area contributed by atoms with Crippen LogP contribution in [0.2, 0.25) is 5.02 Å². The van der Waals surface area contributed by atoms with Crippen molar-refractivity contribution < 1.29 is 9.32 Å². The van der Waals surface area contributed by atoms with Crippen LogP contribution in [0.25, 0.3) is 11.4 Å². The largest absolute Gasteiger partial charge is 0.347 e. The minimum atomic E-state index is -0.0869. The summed E-state index contributed by atoms with van der Waals surface area (Å²) in [6, 6.07) is 7.47. The molecule has 3 rings (SSSR count). The maximum absolute atomic E-state index is 11.9. The fraction of sp³-hybridized carbons (Fsp3) is 0.250. The van der Waals surface area contributed by atoms with Crippen LogP contribution in [0, 0.1) is 0 Å². The van der Waals surface area contributed by atoms with Gasteiger partial charge in [-0.25, -0.2) is 0 Å². The van der Waals surface area contributed by atoms with Crippen LogP contribution in [0.3, 0.4) is 0 Å². The van der Waals surface area contributed by atoms with Crippen molar-refractivity contribution in [2.75, 3.05) is 0 Å². The van der Waals surface area contributed by atoms with E-state index in [4.69, 9.17) is 16.1 Å². The van der Waals surface area contributed by atoms with Gasteiger partial charge < -0.3 is 9.84 Å². The number of aryl methyl sites for hydroxylation is 2. The molecule has 0 fully saturated rings. The highest BCUT2D eigenvalue weighted by Crippen LogP contribution is 2.14. The number of rotatable bonds is 6. The maximum atomic E-state index is 11.9. The van der Waals surface area contributed by atoms with Gasteiger partial charge in [0.1, 0.15) is 0 Å². The van der Waals surface area contributed by atoms with Crippen molar-refractivity contribution in [2.24, 2.45) is 7.05 Å². The molecule has 24 heavy (non-hydrogen) atoms. The number of benzene rings is 1. The summed E-state index contributed by atoms with van der Waals surface area (Å²) in [4.78, 5) is 16.1. The third-order valence-corrected chi connectivity index (χ3v) is 3.63. The molecular formula is C16H16ClN5O2. The molecule has 0 aliphatic heterocycles. The number of nitrogens with one attached hydrogen (secondary N) is 1. The van der Waals surface area contributed by atoms with Crippen molar-refractivity contribution in [1.29, 1.82) is 0 Å². The van der Waals surface area contributed by atoms with Gasteiger partial charge in [-0.05, 0) is 24.1 Å². The number of aromatic nitrogens is 4. The number of carbonyl (C=O) groups excluding carboxylic acids is 1. The van der Waals surface area contributed by atoms with Crippen LogP contribution >= 0.6 is 11.6 Å². The van der Waals surface area contributed by atoms with Crippen LogP contribution in [-0.2, 0) is 24.8 Å². The minimum absolute atomic E-state index is 0.0869. The van der Waals surface area contributed by atoms with E-state index in [0.717, 1.165) is 11.1 Å². The van der Waals surface area contributed by atoms with Crippen LogP contribution < -0.4 is 5.32 Å². The van der Waals surface area contributed by atoms with Gasteiger partial charge in [0.05, 0.1) is 18.3 Å². The predicted octanol–water partition coefficient (Wildman–Crippen LogP) is 2.37. The van der Waals surface area contributed by atoms with Crippen LogP contribution in [0.5, 0.6) is 0 Å². The van der Waals surface area contributed by atoms with Gasteiger partial charge in [-0.15, -0.1) is 0 Å². The van der Waals surface area contributed by atoms with Crippen LogP contribution in [0.4, 0.5) is 0 Å². The molecule has 0 atom stereocenters. The molecule has 3 aromatic rings. The monoisotopic (exact) mass is 345 g/mol. The molecule has 0 aliphatic carbocycles. The van der Waals surface area contributed by atoms with E-state index < -0.39 is 0 Å². The van der Waals surface area contributed by atoms with Crippen molar-refractivity contribution in [3.8, 4) is 11.4 Å². The lowest BCUT2D eigenvalue weighted by atomic mass is 10.1. The molecular weight excluding hydrogens is 330 g/mol. The molecule has 0 spiro atoms. The summed E-state index contributed by atoms with van der Waals surface area (Å²) in [5.41, 5.74) is 1.79. The zero-order valence-electron chi connectivity index (χ0n) is 13.1. The number of hydrogen-bond acceptors (Lipinski definition) is 5. The van der Waals surface area contributed by atoms with Crippen molar-refractivity contribution in [3.63, 3.8) is 0 Å². The van der Waals surface area contributed by atoms with Gasteiger partial charge in [0.25, 0.3) is 0 Å². The second-order valence-electron chi connectivity index (χ2n) is 5.32. The highest BCUT2D eigenvalue weighted by Gasteiger charge is 2.11. The Morgan fingerprint density at radius 1 is 1.42 bits per heavy atom. The number of halogens is 1. The molecule has 0 saturated carbocycles. The van der Waals surface area contributed by atoms with E-state index in [1.54, 1.807) is 23.1 Å². The molecule has 1 N–H and O–H groups in total. The number of hydrogen-bond donors (Lipinski definition) is 1. The smallest absolute Gasteiger partial charge is 0.246 e. The molecule has 0 unspecified atom stereocenters. The molecule has 2 aromatic heterocycles. The van der Waals surface area contributed by atoms with Gasteiger partial charge >= 0.3 is 0 Å². The van der Waals surface area contributed by atoms with E-state index in [9.17, 15) is 4.79 Å². The second-order valence-corrected chi connectivity index (χ2v) is 5.76. The molecule has 8 heteroatoms. The summed E-state index contributed by atoms with van der Waals surface area (Å²) in [7, 11) is 1.81. The summed E-state index contributed by atoms with van der Waals surface area (Å²) in [5, 5.41) is 11.4. The first-order valence-electron chi connectivity index (χ1n) is 7.43. The van der Waals surface area contributed by atoms with E-state index in [-0.39, 0.29) is 12.5 Å². The SMILES string of the molecule is Cn1cc(-c2noc(CNC(=O)CCc3cccc(Cl)c3)n2)cn1. The van der Waals surface area contributed by atoms with Gasteiger partial charge in [-0.2, -0.15) is 10.1 Å². The lowest BCUT2D eigenvalue weighted by molar-refractivity contribution is -0.121. The quantitative estimate of drug-likeness (QED) is 0.741.